The van der Waals surface area contributed by atoms with Gasteiger partial charge in [-0.05, 0) is 19.1 Å². The van der Waals surface area contributed by atoms with Gasteiger partial charge in [-0.3, -0.25) is 4.79 Å². The topological polar surface area (TPSA) is 32.3 Å². The third kappa shape index (κ3) is 3.29. The van der Waals surface area contributed by atoms with Crippen molar-refractivity contribution in [2.24, 2.45) is 0 Å². The molecule has 6 heteroatoms. The van der Waals surface area contributed by atoms with Gasteiger partial charge in [-0.2, -0.15) is 0 Å². The standard InChI is InChI=1S/C12H14Cl2N2O.ClH/c1-8-7-16(6-5-15-8)12(17)11-9(13)3-2-4-10(11)14;/h2-4,8,15H,5-7H2,1H3;1H. The zero-order valence-electron chi connectivity index (χ0n) is 9.95. The smallest absolute Gasteiger partial charge is 0.256 e. The minimum atomic E-state index is -0.0889. The van der Waals surface area contributed by atoms with Crippen LogP contribution in [0.15, 0.2) is 18.2 Å². The molecule has 0 radical (unpaired) electrons. The van der Waals surface area contributed by atoms with Crippen LogP contribution in [-0.4, -0.2) is 36.5 Å². The number of nitrogens with one attached hydrogen (secondary N) is 1. The predicted molar refractivity (Wildman–Crippen MR) is 77.1 cm³/mol. The van der Waals surface area contributed by atoms with Gasteiger partial charge in [0, 0.05) is 25.7 Å². The lowest BCUT2D eigenvalue weighted by molar-refractivity contribution is 0.0709. The van der Waals surface area contributed by atoms with Gasteiger partial charge >= 0.3 is 0 Å². The number of carbonyl (C=O) groups is 1. The average Bonchev–Trinajstić information content (AvgIpc) is 2.28. The van der Waals surface area contributed by atoms with E-state index >= 15 is 0 Å². The molecule has 1 unspecified atom stereocenters. The highest BCUT2D eigenvalue weighted by atomic mass is 35.5. The Hall–Kier alpha value is -0.480. The molecule has 1 amide bonds. The number of rotatable bonds is 1. The van der Waals surface area contributed by atoms with E-state index in [2.05, 4.69) is 5.32 Å². The highest BCUT2D eigenvalue weighted by Crippen LogP contribution is 2.25. The molecule has 1 N–H and O–H groups in total. The molecular weight excluding hydrogens is 295 g/mol. The summed E-state index contributed by atoms with van der Waals surface area (Å²) in [6, 6.07) is 5.41. The van der Waals surface area contributed by atoms with Gasteiger partial charge in [0.25, 0.3) is 5.91 Å². The number of hydrogen-bond acceptors (Lipinski definition) is 2. The van der Waals surface area contributed by atoms with E-state index in [0.29, 0.717) is 34.7 Å². The number of carbonyl (C=O) groups excluding carboxylic acids is 1. The van der Waals surface area contributed by atoms with Crippen molar-refractivity contribution in [1.82, 2.24) is 10.2 Å². The molecule has 1 aromatic carbocycles. The normalized spacial score (nSPS) is 19.3. The highest BCUT2D eigenvalue weighted by molar-refractivity contribution is 6.39. The number of amides is 1. The van der Waals surface area contributed by atoms with Crippen molar-refractivity contribution in [2.45, 2.75) is 13.0 Å². The maximum atomic E-state index is 12.3. The van der Waals surface area contributed by atoms with E-state index in [4.69, 9.17) is 23.2 Å². The maximum absolute atomic E-state index is 12.3. The molecule has 0 aromatic heterocycles. The maximum Gasteiger partial charge on any atom is 0.256 e. The molecule has 3 nitrogen and oxygen atoms in total. The highest BCUT2D eigenvalue weighted by Gasteiger charge is 2.24. The van der Waals surface area contributed by atoms with Crippen LogP contribution in [0, 0.1) is 0 Å². The zero-order chi connectivity index (χ0) is 12.4. The van der Waals surface area contributed by atoms with E-state index in [1.165, 1.54) is 0 Å². The van der Waals surface area contributed by atoms with Gasteiger partial charge in [-0.15, -0.1) is 12.4 Å². The molecule has 100 valence electrons. The number of halogens is 3. The molecule has 1 aliphatic heterocycles. The van der Waals surface area contributed by atoms with Crippen LogP contribution in [0.1, 0.15) is 17.3 Å². The minimum absolute atomic E-state index is 0. The molecule has 1 saturated heterocycles. The van der Waals surface area contributed by atoms with Gasteiger partial charge in [0.15, 0.2) is 0 Å². The molecular formula is C12H15Cl3N2O. The Morgan fingerprint density at radius 1 is 1.39 bits per heavy atom. The second-order valence-electron chi connectivity index (χ2n) is 4.20. The van der Waals surface area contributed by atoms with Gasteiger partial charge in [-0.1, -0.05) is 29.3 Å². The average molecular weight is 310 g/mol. The molecule has 18 heavy (non-hydrogen) atoms. The Bertz CT molecular complexity index is 419. The third-order valence-corrected chi connectivity index (χ3v) is 3.46. The van der Waals surface area contributed by atoms with Crippen molar-refractivity contribution in [1.29, 1.82) is 0 Å². The molecule has 0 spiro atoms. The monoisotopic (exact) mass is 308 g/mol. The van der Waals surface area contributed by atoms with Crippen molar-refractivity contribution >= 4 is 41.5 Å². The number of piperazine rings is 1. The summed E-state index contributed by atoms with van der Waals surface area (Å²) in [5.74, 6) is -0.0889. The number of benzene rings is 1. The predicted octanol–water partition coefficient (Wildman–Crippen LogP) is 2.85. The van der Waals surface area contributed by atoms with Crippen LogP contribution in [0.25, 0.3) is 0 Å². The summed E-state index contributed by atoms with van der Waals surface area (Å²) in [4.78, 5) is 14.1. The Morgan fingerprint density at radius 2 is 2.00 bits per heavy atom. The lowest BCUT2D eigenvalue weighted by Gasteiger charge is -2.32. The summed E-state index contributed by atoms with van der Waals surface area (Å²) in [7, 11) is 0. The summed E-state index contributed by atoms with van der Waals surface area (Å²) in [5, 5.41) is 4.11. The zero-order valence-corrected chi connectivity index (χ0v) is 12.3. The lowest BCUT2D eigenvalue weighted by atomic mass is 10.1. The van der Waals surface area contributed by atoms with Crippen LogP contribution in [-0.2, 0) is 0 Å². The Balaban J connectivity index is 0.00000162. The second kappa shape index (κ2) is 6.62. The number of hydrogen-bond donors (Lipinski definition) is 1. The van der Waals surface area contributed by atoms with Crippen LogP contribution in [0.2, 0.25) is 10.0 Å². The first-order valence-corrected chi connectivity index (χ1v) is 6.32. The van der Waals surface area contributed by atoms with Gasteiger partial charge in [0.2, 0.25) is 0 Å². The van der Waals surface area contributed by atoms with Crippen LogP contribution < -0.4 is 5.32 Å². The molecule has 1 atom stereocenters. The molecule has 1 fully saturated rings. The van der Waals surface area contributed by atoms with E-state index in [1.54, 1.807) is 23.1 Å². The largest absolute Gasteiger partial charge is 0.336 e. The minimum Gasteiger partial charge on any atom is -0.336 e. The first kappa shape index (κ1) is 15.6. The summed E-state index contributed by atoms with van der Waals surface area (Å²) >= 11 is 12.1. The molecule has 2 rings (SSSR count). The SMILES string of the molecule is CC1CN(C(=O)c2c(Cl)cccc2Cl)CCN1.Cl. The Morgan fingerprint density at radius 3 is 2.56 bits per heavy atom. The molecule has 1 aromatic rings. The van der Waals surface area contributed by atoms with Crippen molar-refractivity contribution in [3.63, 3.8) is 0 Å². The van der Waals surface area contributed by atoms with Crippen LogP contribution >= 0.6 is 35.6 Å². The van der Waals surface area contributed by atoms with Crippen LogP contribution in [0.4, 0.5) is 0 Å². The first-order valence-electron chi connectivity index (χ1n) is 5.56. The van der Waals surface area contributed by atoms with E-state index < -0.39 is 0 Å². The van der Waals surface area contributed by atoms with Crippen LogP contribution in [0.3, 0.4) is 0 Å². The van der Waals surface area contributed by atoms with Crippen molar-refractivity contribution in [3.05, 3.63) is 33.8 Å². The van der Waals surface area contributed by atoms with E-state index in [9.17, 15) is 4.79 Å². The number of nitrogens with zero attached hydrogens (tertiary/aromatic N) is 1. The van der Waals surface area contributed by atoms with Crippen molar-refractivity contribution in [2.75, 3.05) is 19.6 Å². The molecule has 0 saturated carbocycles. The quantitative estimate of drug-likeness (QED) is 0.865. The van der Waals surface area contributed by atoms with E-state index in [1.807, 2.05) is 6.92 Å². The fourth-order valence-electron chi connectivity index (χ4n) is 1.98. The third-order valence-electron chi connectivity index (χ3n) is 2.83. The summed E-state index contributed by atoms with van der Waals surface area (Å²) < 4.78 is 0. The van der Waals surface area contributed by atoms with E-state index in [-0.39, 0.29) is 18.3 Å². The molecule has 1 aliphatic rings. The van der Waals surface area contributed by atoms with Gasteiger partial charge < -0.3 is 10.2 Å². The molecule has 0 aliphatic carbocycles. The fraction of sp³-hybridized carbons (Fsp3) is 0.417. The Kier molecular flexibility index (Phi) is 5.73. The van der Waals surface area contributed by atoms with Crippen molar-refractivity contribution < 1.29 is 4.79 Å². The first-order chi connectivity index (χ1) is 8.09. The van der Waals surface area contributed by atoms with Gasteiger partial charge in [0.1, 0.15) is 0 Å². The van der Waals surface area contributed by atoms with E-state index in [0.717, 1.165) is 6.54 Å². The second-order valence-corrected chi connectivity index (χ2v) is 5.02. The van der Waals surface area contributed by atoms with Gasteiger partial charge in [-0.25, -0.2) is 0 Å². The Labute approximate surface area is 123 Å². The summed E-state index contributed by atoms with van der Waals surface area (Å²) in [6.45, 7) is 4.22. The van der Waals surface area contributed by atoms with Crippen molar-refractivity contribution in [3.8, 4) is 0 Å². The summed E-state index contributed by atoms with van der Waals surface area (Å²) in [6.07, 6.45) is 0. The van der Waals surface area contributed by atoms with Gasteiger partial charge in [0.05, 0.1) is 15.6 Å². The fourth-order valence-corrected chi connectivity index (χ4v) is 2.54. The summed E-state index contributed by atoms with van der Waals surface area (Å²) in [5.41, 5.74) is 0.407. The van der Waals surface area contributed by atoms with Crippen LogP contribution in [0.5, 0.6) is 0 Å². The molecule has 0 bridgehead atoms. The lowest BCUT2D eigenvalue weighted by Crippen LogP contribution is -2.51. The molecule has 1 heterocycles.